The quantitative estimate of drug-likeness (QED) is 0.915. The van der Waals surface area contributed by atoms with Crippen LogP contribution in [-0.4, -0.2) is 5.91 Å². The van der Waals surface area contributed by atoms with Crippen molar-refractivity contribution in [3.63, 3.8) is 0 Å². The lowest BCUT2D eigenvalue weighted by molar-refractivity contribution is -0.117. The van der Waals surface area contributed by atoms with Crippen molar-refractivity contribution in [3.8, 4) is 11.1 Å². The zero-order valence-electron chi connectivity index (χ0n) is 9.49. The fourth-order valence-corrected chi connectivity index (χ4v) is 2.22. The van der Waals surface area contributed by atoms with E-state index in [1.165, 1.54) is 0 Å². The molecule has 0 radical (unpaired) electrons. The maximum absolute atomic E-state index is 11.1. The first-order chi connectivity index (χ1) is 8.58. The lowest BCUT2D eigenvalue weighted by Crippen LogP contribution is -2.14. The Balaban J connectivity index is 2.56. The minimum Gasteiger partial charge on any atom is -0.369 e. The van der Waals surface area contributed by atoms with Crippen molar-refractivity contribution in [1.29, 1.82) is 0 Å². The van der Waals surface area contributed by atoms with Gasteiger partial charge in [0.2, 0.25) is 5.91 Å². The Morgan fingerprint density at radius 3 is 2.50 bits per heavy atom. The first-order valence-electron chi connectivity index (χ1n) is 5.39. The highest BCUT2D eigenvalue weighted by molar-refractivity contribution is 6.35. The Labute approximate surface area is 115 Å². The number of hydrogen-bond acceptors (Lipinski definition) is 1. The predicted molar refractivity (Wildman–Crippen MR) is 74.8 cm³/mol. The molecule has 0 aliphatic carbocycles. The standard InChI is InChI=1S/C14H11Cl2NO/c15-10-5-6-13(16)12(8-10)11-4-2-1-3-9(11)7-14(17)18/h1-6,8H,7H2,(H2,17,18). The molecule has 0 bridgehead atoms. The van der Waals surface area contributed by atoms with E-state index in [9.17, 15) is 4.79 Å². The van der Waals surface area contributed by atoms with Gasteiger partial charge >= 0.3 is 0 Å². The number of carbonyl (C=O) groups is 1. The van der Waals surface area contributed by atoms with Crippen molar-refractivity contribution in [2.75, 3.05) is 0 Å². The Morgan fingerprint density at radius 2 is 1.78 bits per heavy atom. The maximum Gasteiger partial charge on any atom is 0.221 e. The fraction of sp³-hybridized carbons (Fsp3) is 0.0714. The second kappa shape index (κ2) is 5.42. The van der Waals surface area contributed by atoms with E-state index in [4.69, 9.17) is 28.9 Å². The number of halogens is 2. The zero-order chi connectivity index (χ0) is 13.1. The van der Waals surface area contributed by atoms with E-state index in [2.05, 4.69) is 0 Å². The maximum atomic E-state index is 11.1. The first kappa shape index (κ1) is 12.9. The summed E-state index contributed by atoms with van der Waals surface area (Å²) >= 11 is 12.1. The van der Waals surface area contributed by atoms with Gasteiger partial charge in [-0.15, -0.1) is 0 Å². The lowest BCUT2D eigenvalue weighted by atomic mass is 9.97. The van der Waals surface area contributed by atoms with Crippen LogP contribution in [0.4, 0.5) is 0 Å². The zero-order valence-corrected chi connectivity index (χ0v) is 11.0. The minimum absolute atomic E-state index is 0.180. The molecule has 0 heterocycles. The summed E-state index contributed by atoms with van der Waals surface area (Å²) in [6, 6.07) is 12.7. The van der Waals surface area contributed by atoms with Crippen molar-refractivity contribution in [2.45, 2.75) is 6.42 Å². The van der Waals surface area contributed by atoms with Gasteiger partial charge in [-0.3, -0.25) is 4.79 Å². The van der Waals surface area contributed by atoms with E-state index in [0.717, 1.165) is 16.7 Å². The number of benzene rings is 2. The van der Waals surface area contributed by atoms with Gasteiger partial charge in [0.15, 0.2) is 0 Å². The van der Waals surface area contributed by atoms with Crippen LogP contribution in [0.3, 0.4) is 0 Å². The molecule has 0 saturated heterocycles. The minimum atomic E-state index is -0.374. The van der Waals surface area contributed by atoms with E-state index >= 15 is 0 Å². The summed E-state index contributed by atoms with van der Waals surface area (Å²) in [7, 11) is 0. The van der Waals surface area contributed by atoms with Crippen molar-refractivity contribution < 1.29 is 4.79 Å². The lowest BCUT2D eigenvalue weighted by Gasteiger charge is -2.10. The first-order valence-corrected chi connectivity index (χ1v) is 6.15. The molecule has 0 atom stereocenters. The molecule has 0 fully saturated rings. The van der Waals surface area contributed by atoms with Crippen LogP contribution in [0.1, 0.15) is 5.56 Å². The van der Waals surface area contributed by atoms with Crippen molar-refractivity contribution in [1.82, 2.24) is 0 Å². The number of nitrogens with two attached hydrogens (primary N) is 1. The van der Waals surface area contributed by atoms with Crippen LogP contribution in [0.2, 0.25) is 10.0 Å². The van der Waals surface area contributed by atoms with E-state index in [0.29, 0.717) is 10.0 Å². The predicted octanol–water partition coefficient (Wildman–Crippen LogP) is 3.69. The number of amides is 1. The molecule has 92 valence electrons. The van der Waals surface area contributed by atoms with Crippen molar-refractivity contribution in [3.05, 3.63) is 58.1 Å². The van der Waals surface area contributed by atoms with Gasteiger partial charge < -0.3 is 5.73 Å². The second-order valence-corrected chi connectivity index (χ2v) is 4.77. The van der Waals surface area contributed by atoms with Crippen LogP contribution in [0.25, 0.3) is 11.1 Å². The molecule has 0 aromatic heterocycles. The molecule has 18 heavy (non-hydrogen) atoms. The summed E-state index contributed by atoms with van der Waals surface area (Å²) < 4.78 is 0. The Bertz CT molecular complexity index is 596. The van der Waals surface area contributed by atoms with Crippen molar-refractivity contribution >= 4 is 29.1 Å². The average Bonchev–Trinajstić information content (AvgIpc) is 2.32. The van der Waals surface area contributed by atoms with Gasteiger partial charge in [-0.1, -0.05) is 47.5 Å². The van der Waals surface area contributed by atoms with E-state index in [1.54, 1.807) is 18.2 Å². The summed E-state index contributed by atoms with van der Waals surface area (Å²) in [6.07, 6.45) is 0.180. The summed E-state index contributed by atoms with van der Waals surface area (Å²) in [4.78, 5) is 11.1. The van der Waals surface area contributed by atoms with E-state index < -0.39 is 0 Å². The van der Waals surface area contributed by atoms with Gasteiger partial charge in [0.05, 0.1) is 6.42 Å². The SMILES string of the molecule is NC(=O)Cc1ccccc1-c1cc(Cl)ccc1Cl. The van der Waals surface area contributed by atoms with Gasteiger partial charge in [-0.2, -0.15) is 0 Å². The highest BCUT2D eigenvalue weighted by atomic mass is 35.5. The molecule has 0 aliphatic rings. The van der Waals surface area contributed by atoms with Gasteiger partial charge in [-0.25, -0.2) is 0 Å². The Hall–Kier alpha value is -1.51. The molecule has 2 aromatic rings. The molecule has 2 aromatic carbocycles. The molecule has 4 heteroatoms. The third kappa shape index (κ3) is 2.84. The number of carbonyl (C=O) groups excluding carboxylic acids is 1. The normalized spacial score (nSPS) is 10.3. The highest BCUT2D eigenvalue weighted by Crippen LogP contribution is 2.32. The van der Waals surface area contributed by atoms with Gasteiger partial charge in [0.25, 0.3) is 0 Å². The third-order valence-corrected chi connectivity index (χ3v) is 3.17. The number of hydrogen-bond donors (Lipinski definition) is 1. The summed E-state index contributed by atoms with van der Waals surface area (Å²) in [6.45, 7) is 0. The van der Waals surface area contributed by atoms with E-state index in [1.807, 2.05) is 24.3 Å². The molecule has 0 unspecified atom stereocenters. The largest absolute Gasteiger partial charge is 0.369 e. The highest BCUT2D eigenvalue weighted by Gasteiger charge is 2.10. The van der Waals surface area contributed by atoms with Crippen LogP contribution >= 0.6 is 23.2 Å². The molecule has 0 saturated carbocycles. The number of primary amides is 1. The molecular weight excluding hydrogens is 269 g/mol. The molecule has 2 nitrogen and oxygen atoms in total. The van der Waals surface area contributed by atoms with Gasteiger partial charge in [-0.05, 0) is 29.3 Å². The monoisotopic (exact) mass is 279 g/mol. The average molecular weight is 280 g/mol. The van der Waals surface area contributed by atoms with Crippen LogP contribution in [0.15, 0.2) is 42.5 Å². The van der Waals surface area contributed by atoms with Gasteiger partial charge in [0, 0.05) is 15.6 Å². The summed E-state index contributed by atoms with van der Waals surface area (Å²) in [5, 5.41) is 1.19. The second-order valence-electron chi connectivity index (χ2n) is 3.92. The molecular formula is C14H11Cl2NO. The summed E-state index contributed by atoms with van der Waals surface area (Å²) in [5.74, 6) is -0.374. The van der Waals surface area contributed by atoms with Crippen LogP contribution in [0.5, 0.6) is 0 Å². The van der Waals surface area contributed by atoms with E-state index in [-0.39, 0.29) is 12.3 Å². The van der Waals surface area contributed by atoms with Crippen LogP contribution < -0.4 is 5.73 Å². The molecule has 2 N–H and O–H groups in total. The Kier molecular flexibility index (Phi) is 3.90. The molecule has 0 aliphatic heterocycles. The fourth-order valence-electron chi connectivity index (χ4n) is 1.83. The Morgan fingerprint density at radius 1 is 1.06 bits per heavy atom. The third-order valence-electron chi connectivity index (χ3n) is 2.60. The molecule has 0 spiro atoms. The topological polar surface area (TPSA) is 43.1 Å². The number of rotatable bonds is 3. The summed E-state index contributed by atoms with van der Waals surface area (Å²) in [5.41, 5.74) is 7.77. The molecule has 2 rings (SSSR count). The smallest absolute Gasteiger partial charge is 0.221 e. The van der Waals surface area contributed by atoms with Crippen molar-refractivity contribution in [2.24, 2.45) is 5.73 Å². The van der Waals surface area contributed by atoms with Crippen LogP contribution in [0, 0.1) is 0 Å². The van der Waals surface area contributed by atoms with Crippen LogP contribution in [-0.2, 0) is 11.2 Å². The molecule has 1 amide bonds. The van der Waals surface area contributed by atoms with Gasteiger partial charge in [0.1, 0.15) is 0 Å².